The normalized spacial score (nSPS) is 11.3. The standard InChI is InChI=1S/C21H20N6O4/c1-26-18-17(19(29)24-21(26)30)27(10-11-31-16-8-3-2-4-9-16)20(23-18)25-22-13-14-6-5-7-15(28)12-14/h2-9,12-13,28H,10-11H2,1H3,(H,23,25)(H,24,29,30). The number of aromatic amines is 1. The number of fused-ring (bicyclic) bond motifs is 1. The third-order valence-electron chi connectivity index (χ3n) is 4.58. The molecule has 3 N–H and O–H groups in total. The van der Waals surface area contributed by atoms with Crippen LogP contribution in [-0.4, -0.2) is 37.0 Å². The molecule has 2 aromatic heterocycles. The molecule has 0 unspecified atom stereocenters. The van der Waals surface area contributed by atoms with Crippen molar-refractivity contribution in [2.75, 3.05) is 12.0 Å². The number of ether oxygens (including phenoxy) is 1. The maximum Gasteiger partial charge on any atom is 0.329 e. The Kier molecular flexibility index (Phi) is 5.52. The predicted molar refractivity (Wildman–Crippen MR) is 117 cm³/mol. The van der Waals surface area contributed by atoms with Gasteiger partial charge in [-0.2, -0.15) is 10.1 Å². The van der Waals surface area contributed by atoms with E-state index in [1.54, 1.807) is 28.8 Å². The van der Waals surface area contributed by atoms with Crippen LogP contribution in [0.15, 0.2) is 69.3 Å². The first-order valence-corrected chi connectivity index (χ1v) is 9.48. The molecule has 0 aliphatic carbocycles. The fourth-order valence-electron chi connectivity index (χ4n) is 3.08. The van der Waals surface area contributed by atoms with Crippen LogP contribution in [0.3, 0.4) is 0 Å². The van der Waals surface area contributed by atoms with Crippen LogP contribution >= 0.6 is 0 Å². The van der Waals surface area contributed by atoms with Gasteiger partial charge in [-0.15, -0.1) is 0 Å². The Labute approximate surface area is 176 Å². The lowest BCUT2D eigenvalue weighted by molar-refractivity contribution is 0.301. The van der Waals surface area contributed by atoms with Gasteiger partial charge in [0.25, 0.3) is 5.56 Å². The fraction of sp³-hybridized carbons (Fsp3) is 0.143. The van der Waals surface area contributed by atoms with Crippen LogP contribution in [0.2, 0.25) is 0 Å². The number of H-pyrrole nitrogens is 1. The van der Waals surface area contributed by atoms with Gasteiger partial charge in [-0.3, -0.25) is 18.9 Å². The minimum Gasteiger partial charge on any atom is -0.508 e. The van der Waals surface area contributed by atoms with Crippen molar-refractivity contribution in [3.63, 3.8) is 0 Å². The second kappa shape index (κ2) is 8.57. The Balaban J connectivity index is 1.65. The van der Waals surface area contributed by atoms with Gasteiger partial charge in [0.1, 0.15) is 18.1 Å². The minimum atomic E-state index is -0.558. The highest BCUT2D eigenvalue weighted by Crippen LogP contribution is 2.16. The van der Waals surface area contributed by atoms with Gasteiger partial charge in [0, 0.05) is 7.05 Å². The van der Waals surface area contributed by atoms with Crippen molar-refractivity contribution < 1.29 is 9.84 Å². The van der Waals surface area contributed by atoms with Crippen molar-refractivity contribution >= 4 is 23.3 Å². The van der Waals surface area contributed by atoms with E-state index in [1.165, 1.54) is 17.8 Å². The summed E-state index contributed by atoms with van der Waals surface area (Å²) < 4.78 is 8.61. The Hall–Kier alpha value is -4.34. The lowest BCUT2D eigenvalue weighted by Gasteiger charge is -2.10. The Morgan fingerprint density at radius 2 is 2.00 bits per heavy atom. The quantitative estimate of drug-likeness (QED) is 0.308. The van der Waals surface area contributed by atoms with Crippen LogP contribution in [0, 0.1) is 0 Å². The first-order chi connectivity index (χ1) is 15.0. The zero-order valence-corrected chi connectivity index (χ0v) is 16.6. The minimum absolute atomic E-state index is 0.121. The van der Waals surface area contributed by atoms with Crippen LogP contribution in [0.25, 0.3) is 11.2 Å². The van der Waals surface area contributed by atoms with Crippen LogP contribution in [-0.2, 0) is 13.6 Å². The molecular weight excluding hydrogens is 400 g/mol. The molecule has 0 amide bonds. The largest absolute Gasteiger partial charge is 0.508 e. The van der Waals surface area contributed by atoms with Gasteiger partial charge in [-0.05, 0) is 29.8 Å². The predicted octanol–water partition coefficient (Wildman–Crippen LogP) is 1.65. The van der Waals surface area contributed by atoms with Crippen molar-refractivity contribution in [2.45, 2.75) is 6.54 Å². The molecule has 4 aromatic rings. The number of anilines is 1. The van der Waals surface area contributed by atoms with Gasteiger partial charge in [0.05, 0.1) is 12.8 Å². The molecule has 0 bridgehead atoms. The number of hydrogen-bond acceptors (Lipinski definition) is 7. The highest BCUT2D eigenvalue weighted by Gasteiger charge is 2.17. The topological polar surface area (TPSA) is 127 Å². The van der Waals surface area contributed by atoms with Gasteiger partial charge >= 0.3 is 5.69 Å². The Bertz CT molecular complexity index is 1350. The van der Waals surface area contributed by atoms with E-state index in [1.807, 2.05) is 30.3 Å². The molecule has 0 fully saturated rings. The van der Waals surface area contributed by atoms with Crippen LogP contribution in [0.4, 0.5) is 5.95 Å². The van der Waals surface area contributed by atoms with E-state index in [2.05, 4.69) is 20.5 Å². The number of nitrogens with zero attached hydrogens (tertiary/aromatic N) is 4. The molecule has 0 saturated heterocycles. The van der Waals surface area contributed by atoms with E-state index < -0.39 is 11.2 Å². The molecule has 158 valence electrons. The van der Waals surface area contributed by atoms with Gasteiger partial charge in [-0.25, -0.2) is 10.2 Å². The molecule has 10 heteroatoms. The Morgan fingerprint density at radius 1 is 1.19 bits per heavy atom. The van der Waals surface area contributed by atoms with Crippen molar-refractivity contribution in [3.8, 4) is 11.5 Å². The molecular formula is C21H20N6O4. The molecule has 10 nitrogen and oxygen atoms in total. The number of phenols is 1. The second-order valence-corrected chi connectivity index (χ2v) is 6.70. The summed E-state index contributed by atoms with van der Waals surface area (Å²) in [6, 6.07) is 15.9. The smallest absolute Gasteiger partial charge is 0.329 e. The van der Waals surface area contributed by atoms with Crippen LogP contribution in [0.1, 0.15) is 5.56 Å². The maximum atomic E-state index is 12.5. The Morgan fingerprint density at radius 3 is 2.77 bits per heavy atom. The summed E-state index contributed by atoms with van der Waals surface area (Å²) in [5, 5.41) is 13.7. The summed E-state index contributed by atoms with van der Waals surface area (Å²) in [5.41, 5.74) is 2.84. The van der Waals surface area contributed by atoms with E-state index in [0.717, 1.165) is 0 Å². The molecule has 0 spiro atoms. The number of hydrogen-bond donors (Lipinski definition) is 3. The van der Waals surface area contributed by atoms with E-state index in [0.29, 0.717) is 11.3 Å². The first-order valence-electron chi connectivity index (χ1n) is 9.48. The van der Waals surface area contributed by atoms with Gasteiger partial charge < -0.3 is 9.84 Å². The highest BCUT2D eigenvalue weighted by atomic mass is 16.5. The SMILES string of the molecule is Cn1c(=O)[nH]c(=O)c2c1nc(NN=Cc1cccc(O)c1)n2CCOc1ccccc1. The van der Waals surface area contributed by atoms with Crippen LogP contribution < -0.4 is 21.4 Å². The zero-order chi connectivity index (χ0) is 21.8. The summed E-state index contributed by atoms with van der Waals surface area (Å²) >= 11 is 0. The molecule has 0 saturated carbocycles. The number of imidazole rings is 1. The third kappa shape index (κ3) is 4.32. The molecule has 0 aliphatic heterocycles. The number of aromatic hydroxyl groups is 1. The highest BCUT2D eigenvalue weighted by molar-refractivity contribution is 5.81. The molecule has 2 heterocycles. The van der Waals surface area contributed by atoms with Crippen LogP contribution in [0.5, 0.6) is 11.5 Å². The number of benzene rings is 2. The monoisotopic (exact) mass is 420 g/mol. The lowest BCUT2D eigenvalue weighted by atomic mass is 10.2. The summed E-state index contributed by atoms with van der Waals surface area (Å²) in [7, 11) is 1.53. The van der Waals surface area contributed by atoms with E-state index >= 15 is 0 Å². The fourth-order valence-corrected chi connectivity index (χ4v) is 3.08. The van der Waals surface area contributed by atoms with Gasteiger partial charge in [-0.1, -0.05) is 30.3 Å². The van der Waals surface area contributed by atoms with Crippen molar-refractivity contribution in [1.29, 1.82) is 0 Å². The van der Waals surface area contributed by atoms with Gasteiger partial charge in [0.15, 0.2) is 11.2 Å². The van der Waals surface area contributed by atoms with E-state index in [-0.39, 0.29) is 36.0 Å². The number of aromatic nitrogens is 4. The summed E-state index contributed by atoms with van der Waals surface area (Å²) in [6.45, 7) is 0.555. The lowest BCUT2D eigenvalue weighted by Crippen LogP contribution is -2.29. The average molecular weight is 420 g/mol. The first kappa shape index (κ1) is 20.0. The molecule has 31 heavy (non-hydrogen) atoms. The summed E-state index contributed by atoms with van der Waals surface area (Å²) in [5.74, 6) is 1.09. The number of rotatable bonds is 7. The number of nitrogens with one attached hydrogen (secondary N) is 2. The molecule has 2 aromatic carbocycles. The number of phenolic OH excluding ortho intramolecular Hbond substituents is 1. The summed E-state index contributed by atoms with van der Waals surface area (Å²) in [4.78, 5) is 31.1. The zero-order valence-electron chi connectivity index (χ0n) is 16.6. The third-order valence-corrected chi connectivity index (χ3v) is 4.58. The van der Waals surface area contributed by atoms with Crippen molar-refractivity contribution in [2.24, 2.45) is 12.1 Å². The van der Waals surface area contributed by atoms with E-state index in [9.17, 15) is 14.7 Å². The number of aryl methyl sites for hydroxylation is 1. The molecule has 0 radical (unpaired) electrons. The second-order valence-electron chi connectivity index (χ2n) is 6.70. The molecule has 4 rings (SSSR count). The van der Waals surface area contributed by atoms with Crippen molar-refractivity contribution in [3.05, 3.63) is 81.0 Å². The number of hydrazone groups is 1. The summed E-state index contributed by atoms with van der Waals surface area (Å²) in [6.07, 6.45) is 1.51. The van der Waals surface area contributed by atoms with Crippen molar-refractivity contribution in [1.82, 2.24) is 19.1 Å². The molecule has 0 atom stereocenters. The average Bonchev–Trinajstić information content (AvgIpc) is 3.12. The maximum absolute atomic E-state index is 12.5. The molecule has 0 aliphatic rings. The van der Waals surface area contributed by atoms with Gasteiger partial charge in [0.2, 0.25) is 5.95 Å². The van der Waals surface area contributed by atoms with E-state index in [4.69, 9.17) is 4.74 Å². The number of para-hydroxylation sites is 1.